The maximum absolute atomic E-state index is 13.0. The molecule has 0 atom stereocenters. The summed E-state index contributed by atoms with van der Waals surface area (Å²) in [6.45, 7) is 5.47. The number of benzene rings is 2. The number of amides is 2. The van der Waals surface area contributed by atoms with Crippen LogP contribution in [0, 0.1) is 5.92 Å². The molecule has 1 heterocycles. The van der Waals surface area contributed by atoms with E-state index in [2.05, 4.69) is 22.6 Å². The van der Waals surface area contributed by atoms with Crippen LogP contribution in [0.3, 0.4) is 0 Å². The smallest absolute Gasteiger partial charge is 0.273 e. The highest BCUT2D eigenvalue weighted by Gasteiger charge is 2.19. The van der Waals surface area contributed by atoms with Gasteiger partial charge in [0.25, 0.3) is 5.91 Å². The number of aromatic nitrogens is 1. The highest BCUT2D eigenvalue weighted by molar-refractivity contribution is 5.92. The Labute approximate surface area is 189 Å². The molecule has 0 saturated heterocycles. The number of carbonyl (C=O) groups is 2. The molecule has 0 aliphatic heterocycles. The molecule has 0 aliphatic rings. The molecule has 32 heavy (non-hydrogen) atoms. The first-order valence-corrected chi connectivity index (χ1v) is 11.1. The third-order valence-electron chi connectivity index (χ3n) is 5.15. The van der Waals surface area contributed by atoms with Gasteiger partial charge in [-0.15, -0.1) is 0 Å². The maximum atomic E-state index is 13.0. The number of aryl methyl sites for hydroxylation is 1. The SMILES string of the molecule is CC(C)CNC(=O)c1cc(CN(CCc2ccccc2)C(=O)CCc2ccccc2)on1. The molecule has 3 aromatic rings. The third kappa shape index (κ3) is 7.38. The van der Waals surface area contributed by atoms with Crippen LogP contribution in [0.25, 0.3) is 0 Å². The van der Waals surface area contributed by atoms with E-state index in [-0.39, 0.29) is 24.1 Å². The number of carbonyl (C=O) groups excluding carboxylic acids is 2. The summed E-state index contributed by atoms with van der Waals surface area (Å²) in [5, 5.41) is 6.72. The highest BCUT2D eigenvalue weighted by Crippen LogP contribution is 2.12. The van der Waals surface area contributed by atoms with Crippen LogP contribution in [0.15, 0.2) is 71.3 Å². The van der Waals surface area contributed by atoms with E-state index >= 15 is 0 Å². The van der Waals surface area contributed by atoms with Crippen molar-refractivity contribution in [2.24, 2.45) is 5.92 Å². The summed E-state index contributed by atoms with van der Waals surface area (Å²) in [6, 6.07) is 21.7. The summed E-state index contributed by atoms with van der Waals surface area (Å²) in [7, 11) is 0. The van der Waals surface area contributed by atoms with E-state index in [1.807, 2.05) is 62.4 Å². The normalized spacial score (nSPS) is 10.8. The molecule has 6 nitrogen and oxygen atoms in total. The molecule has 2 aromatic carbocycles. The van der Waals surface area contributed by atoms with Gasteiger partial charge in [-0.2, -0.15) is 0 Å². The summed E-state index contributed by atoms with van der Waals surface area (Å²) >= 11 is 0. The fraction of sp³-hybridized carbons (Fsp3) is 0.346. The molecule has 0 aliphatic carbocycles. The summed E-state index contributed by atoms with van der Waals surface area (Å²) in [4.78, 5) is 27.1. The van der Waals surface area contributed by atoms with Crippen LogP contribution in [0.1, 0.15) is 47.6 Å². The second-order valence-electron chi connectivity index (χ2n) is 8.32. The van der Waals surface area contributed by atoms with Crippen LogP contribution in [-0.4, -0.2) is 35.0 Å². The Morgan fingerprint density at radius 3 is 2.22 bits per heavy atom. The fourth-order valence-corrected chi connectivity index (χ4v) is 3.32. The Morgan fingerprint density at radius 2 is 1.59 bits per heavy atom. The van der Waals surface area contributed by atoms with E-state index in [1.165, 1.54) is 5.56 Å². The average Bonchev–Trinajstić information content (AvgIpc) is 3.28. The minimum atomic E-state index is -0.264. The van der Waals surface area contributed by atoms with Crippen molar-refractivity contribution in [3.8, 4) is 0 Å². The van der Waals surface area contributed by atoms with Crippen LogP contribution in [0.4, 0.5) is 0 Å². The summed E-state index contributed by atoms with van der Waals surface area (Å²) in [5.41, 5.74) is 2.53. The molecule has 0 fully saturated rings. The topological polar surface area (TPSA) is 75.4 Å². The lowest BCUT2D eigenvalue weighted by Gasteiger charge is -2.21. The van der Waals surface area contributed by atoms with Gasteiger partial charge in [0, 0.05) is 25.6 Å². The minimum Gasteiger partial charge on any atom is -0.359 e. The summed E-state index contributed by atoms with van der Waals surface area (Å²) in [6.07, 6.45) is 1.84. The van der Waals surface area contributed by atoms with Gasteiger partial charge in [-0.1, -0.05) is 79.7 Å². The van der Waals surface area contributed by atoms with Crippen molar-refractivity contribution in [2.45, 2.75) is 39.7 Å². The zero-order valence-corrected chi connectivity index (χ0v) is 18.8. The van der Waals surface area contributed by atoms with Crippen LogP contribution in [0.5, 0.6) is 0 Å². The van der Waals surface area contributed by atoms with Gasteiger partial charge in [0.1, 0.15) is 0 Å². The van der Waals surface area contributed by atoms with Crippen molar-refractivity contribution >= 4 is 11.8 Å². The van der Waals surface area contributed by atoms with Crippen LogP contribution >= 0.6 is 0 Å². The first kappa shape index (κ1) is 23.3. The predicted octanol–water partition coefficient (Wildman–Crippen LogP) is 4.26. The van der Waals surface area contributed by atoms with Crippen molar-refractivity contribution in [3.63, 3.8) is 0 Å². The standard InChI is InChI=1S/C26H31N3O3/c1-20(2)18-27-26(31)24-17-23(32-28-24)19-29(16-15-22-11-7-4-8-12-22)25(30)14-13-21-9-5-3-6-10-21/h3-12,17,20H,13-16,18-19H2,1-2H3,(H,27,31). The van der Waals surface area contributed by atoms with Crippen molar-refractivity contribution < 1.29 is 14.1 Å². The molecular formula is C26H31N3O3. The van der Waals surface area contributed by atoms with Gasteiger partial charge >= 0.3 is 0 Å². The Balaban J connectivity index is 1.64. The van der Waals surface area contributed by atoms with E-state index < -0.39 is 0 Å². The first-order chi connectivity index (χ1) is 15.5. The molecule has 6 heteroatoms. The lowest BCUT2D eigenvalue weighted by atomic mass is 10.1. The van der Waals surface area contributed by atoms with Crippen LogP contribution in [-0.2, 0) is 24.2 Å². The van der Waals surface area contributed by atoms with Gasteiger partial charge in [-0.05, 0) is 29.9 Å². The van der Waals surface area contributed by atoms with Crippen LogP contribution in [0.2, 0.25) is 0 Å². The highest BCUT2D eigenvalue weighted by atomic mass is 16.5. The molecule has 0 unspecified atom stereocenters. The van der Waals surface area contributed by atoms with E-state index in [9.17, 15) is 9.59 Å². The molecule has 0 saturated carbocycles. The van der Waals surface area contributed by atoms with Gasteiger partial charge in [0.15, 0.2) is 11.5 Å². The molecule has 168 valence electrons. The van der Waals surface area contributed by atoms with Gasteiger partial charge in [-0.25, -0.2) is 0 Å². The second kappa shape index (κ2) is 11.8. The maximum Gasteiger partial charge on any atom is 0.273 e. The van der Waals surface area contributed by atoms with Gasteiger partial charge in [-0.3, -0.25) is 9.59 Å². The molecule has 0 bridgehead atoms. The largest absolute Gasteiger partial charge is 0.359 e. The monoisotopic (exact) mass is 433 g/mol. The second-order valence-corrected chi connectivity index (χ2v) is 8.32. The van der Waals surface area contributed by atoms with E-state index in [0.29, 0.717) is 37.6 Å². The van der Waals surface area contributed by atoms with Crippen molar-refractivity contribution in [1.82, 2.24) is 15.4 Å². The number of hydrogen-bond acceptors (Lipinski definition) is 4. The summed E-state index contributed by atoms with van der Waals surface area (Å²) in [5.74, 6) is 0.633. The van der Waals surface area contributed by atoms with Crippen LogP contribution < -0.4 is 5.32 Å². The lowest BCUT2D eigenvalue weighted by Crippen LogP contribution is -2.32. The Morgan fingerprint density at radius 1 is 0.969 bits per heavy atom. The Kier molecular flexibility index (Phi) is 8.61. The third-order valence-corrected chi connectivity index (χ3v) is 5.15. The molecule has 3 rings (SSSR count). The zero-order chi connectivity index (χ0) is 22.8. The molecule has 2 amide bonds. The van der Waals surface area contributed by atoms with E-state index in [1.54, 1.807) is 11.0 Å². The Hall–Kier alpha value is -3.41. The van der Waals surface area contributed by atoms with E-state index in [0.717, 1.165) is 12.0 Å². The molecule has 0 spiro atoms. The molecule has 0 radical (unpaired) electrons. The first-order valence-electron chi connectivity index (χ1n) is 11.1. The molecule has 1 N–H and O–H groups in total. The number of rotatable bonds is 11. The van der Waals surface area contributed by atoms with Crippen molar-refractivity contribution in [1.29, 1.82) is 0 Å². The average molecular weight is 434 g/mol. The van der Waals surface area contributed by atoms with Gasteiger partial charge in [0.2, 0.25) is 5.91 Å². The number of hydrogen-bond donors (Lipinski definition) is 1. The minimum absolute atomic E-state index is 0.0481. The summed E-state index contributed by atoms with van der Waals surface area (Å²) < 4.78 is 5.38. The van der Waals surface area contributed by atoms with Crippen molar-refractivity contribution in [2.75, 3.05) is 13.1 Å². The number of nitrogens with zero attached hydrogens (tertiary/aromatic N) is 2. The predicted molar refractivity (Wildman–Crippen MR) is 124 cm³/mol. The quantitative estimate of drug-likeness (QED) is 0.490. The molecule has 1 aromatic heterocycles. The van der Waals surface area contributed by atoms with Crippen molar-refractivity contribution in [3.05, 3.63) is 89.3 Å². The van der Waals surface area contributed by atoms with E-state index in [4.69, 9.17) is 4.52 Å². The van der Waals surface area contributed by atoms with Gasteiger partial charge in [0.05, 0.1) is 6.54 Å². The molecular weight excluding hydrogens is 402 g/mol. The fourth-order valence-electron chi connectivity index (χ4n) is 3.32. The Bertz CT molecular complexity index is 984. The zero-order valence-electron chi connectivity index (χ0n) is 18.8. The number of nitrogens with one attached hydrogen (secondary N) is 1. The lowest BCUT2D eigenvalue weighted by molar-refractivity contribution is -0.132. The van der Waals surface area contributed by atoms with Gasteiger partial charge < -0.3 is 14.7 Å².